The second-order valence-electron chi connectivity index (χ2n) is 17.5. The summed E-state index contributed by atoms with van der Waals surface area (Å²) in [5, 5.41) is 45.7. The molecular weight excluding hydrogens is 806 g/mol. The van der Waals surface area contributed by atoms with Crippen LogP contribution < -0.4 is 27.0 Å². The van der Waals surface area contributed by atoms with Gasteiger partial charge >= 0.3 is 12.2 Å². The molecule has 10 N–H and O–H groups in total. The highest BCUT2D eigenvalue weighted by atomic mass is 19.1. The van der Waals surface area contributed by atoms with Crippen LogP contribution in [0.15, 0.2) is 72.8 Å². The number of hydrogen-bond acceptors (Lipinski definition) is 9. The minimum absolute atomic E-state index is 0.152. The number of carbonyl (C=O) groups is 6. The number of carbonyl (C=O) groups excluding carboxylic acids is 4. The van der Waals surface area contributed by atoms with Gasteiger partial charge in [-0.05, 0) is 59.4 Å². The van der Waals surface area contributed by atoms with Crippen LogP contribution in [0.1, 0.15) is 87.7 Å². The van der Waals surface area contributed by atoms with E-state index in [9.17, 15) is 53.6 Å². The zero-order chi connectivity index (χ0) is 45.7. The van der Waals surface area contributed by atoms with E-state index in [-0.39, 0.29) is 38.8 Å². The van der Waals surface area contributed by atoms with Crippen molar-refractivity contribution in [3.8, 4) is 0 Å². The first-order valence-electron chi connectivity index (χ1n) is 20.3. The molecule has 0 aliphatic carbocycles. The first-order valence-corrected chi connectivity index (χ1v) is 20.3. The van der Waals surface area contributed by atoms with Crippen LogP contribution >= 0.6 is 0 Å². The summed E-state index contributed by atoms with van der Waals surface area (Å²) >= 11 is 0. The van der Waals surface area contributed by atoms with Crippen molar-refractivity contribution >= 4 is 41.5 Å². The van der Waals surface area contributed by atoms with Gasteiger partial charge in [-0.3, -0.25) is 19.2 Å². The van der Waals surface area contributed by atoms with E-state index in [1.54, 1.807) is 64.1 Å². The Bertz CT molecular complexity index is 1990. The Hall–Kier alpha value is -6.27. The number of anilines is 1. The van der Waals surface area contributed by atoms with E-state index in [0.717, 1.165) is 11.1 Å². The minimum atomic E-state index is -1.45. The quantitative estimate of drug-likeness (QED) is 0.0975. The molecule has 334 valence electrons. The number of amides is 6. The summed E-state index contributed by atoms with van der Waals surface area (Å²) < 4.78 is 14.1. The standard InChI is InChI=1S/C44H56FN7O10/c1-43(2,21-33(46)55)37(48-41(59)60)39(57)51-19-17-31(53)35(51)27-9-5-25(6-10-27)23-50(30-15-13-29(45)14-16-30)24-26-7-11-28(12-8-26)36-32(54)18-20-52(36)40(58)38(49-42(61)62)44(3,4)22-34(47)56/h5-16,31-32,35-38,48-49,53-54H,17-24H2,1-4H3,(H2,46,55)(H2,47,56)(H,59,60)(H,61,62)/t31-,32-,35-,36-,37+,38+/m0/s1. The zero-order valence-corrected chi connectivity index (χ0v) is 35.2. The first-order chi connectivity index (χ1) is 29.1. The number of rotatable bonds is 17. The summed E-state index contributed by atoms with van der Waals surface area (Å²) in [6.45, 7) is 7.28. The molecular formula is C44H56FN7O10. The normalized spacial score (nSPS) is 20.0. The molecule has 5 rings (SSSR count). The number of primary amides is 2. The fourth-order valence-electron chi connectivity index (χ4n) is 8.69. The summed E-state index contributed by atoms with van der Waals surface area (Å²) in [6.07, 6.45) is -4.80. The molecule has 18 heteroatoms. The highest BCUT2D eigenvalue weighted by Gasteiger charge is 2.47. The lowest BCUT2D eigenvalue weighted by atomic mass is 9.80. The van der Waals surface area contributed by atoms with Crippen molar-refractivity contribution in [2.75, 3.05) is 18.0 Å². The summed E-state index contributed by atoms with van der Waals surface area (Å²) in [7, 11) is 0. The fourth-order valence-corrected chi connectivity index (χ4v) is 8.69. The smallest absolute Gasteiger partial charge is 0.405 e. The summed E-state index contributed by atoms with van der Waals surface area (Å²) in [6, 6.07) is 16.3. The Kier molecular flexibility index (Phi) is 14.5. The number of benzene rings is 3. The van der Waals surface area contributed by atoms with Gasteiger partial charge in [-0.2, -0.15) is 0 Å². The Labute approximate surface area is 358 Å². The monoisotopic (exact) mass is 861 g/mol. The van der Waals surface area contributed by atoms with E-state index >= 15 is 0 Å². The van der Waals surface area contributed by atoms with Crippen LogP contribution in [0.25, 0.3) is 0 Å². The van der Waals surface area contributed by atoms with Crippen molar-refractivity contribution in [2.24, 2.45) is 22.3 Å². The van der Waals surface area contributed by atoms with E-state index < -0.39 is 88.8 Å². The summed E-state index contributed by atoms with van der Waals surface area (Å²) in [4.78, 5) is 79.8. The van der Waals surface area contributed by atoms with Gasteiger partial charge in [-0.15, -0.1) is 0 Å². The summed E-state index contributed by atoms with van der Waals surface area (Å²) in [5.74, 6) is -3.00. The van der Waals surface area contributed by atoms with E-state index in [0.29, 0.717) is 29.9 Å². The molecule has 2 aliphatic heterocycles. The Balaban J connectivity index is 1.36. The Morgan fingerprint density at radius 2 is 1.02 bits per heavy atom. The van der Waals surface area contributed by atoms with Gasteiger partial charge < -0.3 is 57.2 Å². The van der Waals surface area contributed by atoms with Gasteiger partial charge in [0.2, 0.25) is 23.6 Å². The van der Waals surface area contributed by atoms with E-state index in [1.165, 1.54) is 21.9 Å². The van der Waals surface area contributed by atoms with E-state index in [1.807, 2.05) is 29.2 Å². The highest BCUT2D eigenvalue weighted by Crippen LogP contribution is 2.38. The van der Waals surface area contributed by atoms with Crippen molar-refractivity contribution in [2.45, 2.75) is 103 Å². The first kappa shape index (κ1) is 46.8. The summed E-state index contributed by atoms with van der Waals surface area (Å²) in [5.41, 5.74) is 12.1. The van der Waals surface area contributed by atoms with Crippen molar-refractivity contribution in [1.82, 2.24) is 20.4 Å². The lowest BCUT2D eigenvalue weighted by Crippen LogP contribution is -2.56. The van der Waals surface area contributed by atoms with Crippen molar-refractivity contribution in [3.63, 3.8) is 0 Å². The van der Waals surface area contributed by atoms with Crippen LogP contribution in [0.5, 0.6) is 0 Å². The predicted octanol–water partition coefficient (Wildman–Crippen LogP) is 3.38. The van der Waals surface area contributed by atoms with Gasteiger partial charge in [0.15, 0.2) is 0 Å². The number of hydrogen-bond donors (Lipinski definition) is 8. The molecule has 0 bridgehead atoms. The van der Waals surface area contributed by atoms with Crippen LogP contribution in [-0.4, -0.2) is 103 Å². The molecule has 0 aromatic heterocycles. The second-order valence-corrected chi connectivity index (χ2v) is 17.5. The maximum absolute atomic E-state index is 14.1. The van der Waals surface area contributed by atoms with Crippen LogP contribution in [-0.2, 0) is 32.3 Å². The van der Waals surface area contributed by atoms with Crippen molar-refractivity contribution in [3.05, 3.63) is 101 Å². The zero-order valence-electron chi connectivity index (χ0n) is 35.2. The Morgan fingerprint density at radius 3 is 1.34 bits per heavy atom. The molecule has 2 aliphatic rings. The molecule has 0 radical (unpaired) electrons. The van der Waals surface area contributed by atoms with Gasteiger partial charge in [0.25, 0.3) is 0 Å². The molecule has 3 aromatic rings. The van der Waals surface area contributed by atoms with Gasteiger partial charge in [0, 0.05) is 55.5 Å². The Morgan fingerprint density at radius 1 is 0.661 bits per heavy atom. The third kappa shape index (κ3) is 11.2. The molecule has 0 spiro atoms. The van der Waals surface area contributed by atoms with Crippen molar-refractivity contribution in [1.29, 1.82) is 0 Å². The largest absolute Gasteiger partial charge is 0.465 e. The number of nitrogens with two attached hydrogens (primary N) is 2. The van der Waals surface area contributed by atoms with E-state index in [2.05, 4.69) is 10.6 Å². The van der Waals surface area contributed by atoms with Crippen LogP contribution in [0.3, 0.4) is 0 Å². The van der Waals surface area contributed by atoms with Gasteiger partial charge in [-0.25, -0.2) is 14.0 Å². The molecule has 6 atom stereocenters. The molecule has 6 amide bonds. The maximum atomic E-state index is 14.1. The third-order valence-electron chi connectivity index (χ3n) is 11.7. The maximum Gasteiger partial charge on any atom is 0.405 e. The highest BCUT2D eigenvalue weighted by molar-refractivity contribution is 5.89. The average molecular weight is 862 g/mol. The molecule has 2 heterocycles. The third-order valence-corrected chi connectivity index (χ3v) is 11.7. The van der Waals surface area contributed by atoms with Crippen LogP contribution in [0.2, 0.25) is 0 Å². The number of halogens is 1. The molecule has 62 heavy (non-hydrogen) atoms. The molecule has 0 saturated carbocycles. The topological polar surface area (TPSA) is 269 Å². The van der Waals surface area contributed by atoms with Crippen molar-refractivity contribution < 1.29 is 53.6 Å². The second kappa shape index (κ2) is 19.2. The predicted molar refractivity (Wildman–Crippen MR) is 224 cm³/mol. The SMILES string of the molecule is CC(C)(CC(N)=O)[C@H](NC(=O)O)C(=O)N1CC[C@H](O)[C@@H]1c1ccc(CN(Cc2ccc([C@H]3[C@@H](O)CCN3C(=O)[C@@H](NC(=O)O)C(C)(C)CC(N)=O)cc2)c2ccc(F)cc2)cc1. The number of likely N-dealkylation sites (tertiary alicyclic amines) is 2. The molecule has 3 aromatic carbocycles. The fraction of sp³-hybridized carbons (Fsp3) is 0.455. The lowest BCUT2D eigenvalue weighted by Gasteiger charge is -2.37. The van der Waals surface area contributed by atoms with E-state index in [4.69, 9.17) is 11.5 Å². The van der Waals surface area contributed by atoms with Crippen LogP contribution in [0, 0.1) is 16.6 Å². The minimum Gasteiger partial charge on any atom is -0.465 e. The number of carboxylic acid groups (broad SMARTS) is 2. The number of nitrogens with one attached hydrogen (secondary N) is 2. The molecule has 17 nitrogen and oxygen atoms in total. The molecule has 0 unspecified atom stereocenters. The molecule has 2 fully saturated rings. The van der Waals surface area contributed by atoms with Crippen LogP contribution in [0.4, 0.5) is 19.7 Å². The van der Waals surface area contributed by atoms with Gasteiger partial charge in [0.1, 0.15) is 17.9 Å². The average Bonchev–Trinajstić information content (AvgIpc) is 3.77. The molecule has 2 saturated heterocycles. The number of nitrogens with zero attached hydrogens (tertiary/aromatic N) is 3. The van der Waals surface area contributed by atoms with Gasteiger partial charge in [-0.1, -0.05) is 76.2 Å². The number of aliphatic hydroxyl groups is 2. The van der Waals surface area contributed by atoms with Gasteiger partial charge in [0.05, 0.1) is 24.3 Å². The lowest BCUT2D eigenvalue weighted by molar-refractivity contribution is -0.140. The number of aliphatic hydroxyl groups excluding tert-OH is 2.